The highest BCUT2D eigenvalue weighted by molar-refractivity contribution is 6.10. The van der Waals surface area contributed by atoms with Gasteiger partial charge < -0.3 is 16.0 Å². The van der Waals surface area contributed by atoms with Gasteiger partial charge >= 0.3 is 0 Å². The fourth-order valence-corrected chi connectivity index (χ4v) is 1.33. The van der Waals surface area contributed by atoms with Gasteiger partial charge in [0.15, 0.2) is 6.19 Å². The predicted molar refractivity (Wildman–Crippen MR) is 51.4 cm³/mol. The molecule has 0 amide bonds. The normalized spacial score (nSPS) is 10.4. The summed E-state index contributed by atoms with van der Waals surface area (Å²) in [6.45, 7) is 0. The van der Waals surface area contributed by atoms with Gasteiger partial charge in [0.05, 0.1) is 5.69 Å². The van der Waals surface area contributed by atoms with Crippen molar-refractivity contribution in [3.05, 3.63) is 24.3 Å². The first-order valence-electron chi connectivity index (χ1n) is 3.84. The molecule has 0 bridgehead atoms. The highest BCUT2D eigenvalue weighted by Gasteiger charge is 2.21. The number of hydrogen-bond donors (Lipinski definition) is 3. The van der Waals surface area contributed by atoms with Crippen LogP contribution in [0.25, 0.3) is 10.9 Å². The van der Waals surface area contributed by atoms with Crippen LogP contribution in [-0.4, -0.2) is 4.98 Å². The van der Waals surface area contributed by atoms with Crippen molar-refractivity contribution in [3.8, 4) is 6.19 Å². The molecule has 4 nitrogen and oxygen atoms in total. The monoisotopic (exact) mass is 172 g/mol. The minimum Gasteiger partial charge on any atom is -0.339 e. The van der Waals surface area contributed by atoms with Gasteiger partial charge in [-0.1, -0.05) is 18.2 Å². The van der Waals surface area contributed by atoms with E-state index in [2.05, 4.69) is 34.2 Å². The van der Waals surface area contributed by atoms with Gasteiger partial charge in [-0.2, -0.15) is 5.26 Å². The molecule has 3 rings (SSSR count). The molecule has 0 radical (unpaired) electrons. The first-order valence-corrected chi connectivity index (χ1v) is 3.84. The summed E-state index contributed by atoms with van der Waals surface area (Å²) < 4.78 is 0. The molecule has 0 spiro atoms. The van der Waals surface area contributed by atoms with E-state index in [0.717, 1.165) is 0 Å². The maximum Gasteiger partial charge on any atom is 0.173 e. The first kappa shape index (κ1) is 7.50. The van der Waals surface area contributed by atoms with Crippen LogP contribution in [0.5, 0.6) is 0 Å². The molecule has 0 atom stereocenters. The number of para-hydroxylation sites is 1. The van der Waals surface area contributed by atoms with Gasteiger partial charge in [-0.3, -0.25) is 0 Å². The third kappa shape index (κ3) is 1.16. The molecule has 1 aromatic heterocycles. The quantitative estimate of drug-likeness (QED) is 0.273. The Morgan fingerprint density at radius 3 is 2.69 bits per heavy atom. The van der Waals surface area contributed by atoms with Gasteiger partial charge in [0, 0.05) is 10.9 Å². The number of H-pyrrole nitrogens is 1. The maximum absolute atomic E-state index is 7.10. The number of nitriles is 1. The smallest absolute Gasteiger partial charge is 0.173 e. The number of nitrogens with two attached hydrogens (primary N) is 1. The lowest BCUT2D eigenvalue weighted by atomic mass is 10.2. The summed E-state index contributed by atoms with van der Waals surface area (Å²) in [7, 11) is 0. The van der Waals surface area contributed by atoms with Crippen LogP contribution in [0.4, 0.5) is 11.5 Å². The molecule has 2 aromatic rings. The summed E-state index contributed by atoms with van der Waals surface area (Å²) in [6, 6.07) is 8.29. The van der Waals surface area contributed by atoms with Gasteiger partial charge in [-0.15, -0.1) is 0 Å². The molecule has 4 N–H and O–H groups in total. The summed E-state index contributed by atoms with van der Waals surface area (Å²) in [5.74, 6) is 1.18. The third-order valence-electron chi connectivity index (χ3n) is 1.89. The molecule has 0 fully saturated rings. The second-order valence-electron chi connectivity index (χ2n) is 2.67. The van der Waals surface area contributed by atoms with Crippen molar-refractivity contribution in [2.24, 2.45) is 5.73 Å². The lowest BCUT2D eigenvalue weighted by molar-refractivity contribution is 1.45. The van der Waals surface area contributed by atoms with Gasteiger partial charge in [0.1, 0.15) is 5.82 Å². The fraction of sp³-hybridized carbons (Fsp3) is 0. The first-order chi connectivity index (χ1) is 6.36. The molecule has 1 aliphatic rings. The van der Waals surface area contributed by atoms with Crippen molar-refractivity contribution in [3.63, 3.8) is 0 Å². The van der Waals surface area contributed by atoms with Gasteiger partial charge in [0.2, 0.25) is 0 Å². The Bertz CT molecular complexity index is 478. The van der Waals surface area contributed by atoms with Crippen LogP contribution in [0.15, 0.2) is 24.3 Å². The number of aromatic amines is 1. The van der Waals surface area contributed by atoms with E-state index in [1.54, 1.807) is 0 Å². The molecule has 1 aliphatic heterocycles. The van der Waals surface area contributed by atoms with Gasteiger partial charge in [0.25, 0.3) is 0 Å². The van der Waals surface area contributed by atoms with E-state index in [4.69, 9.17) is 5.26 Å². The highest BCUT2D eigenvalue weighted by Crippen LogP contribution is 2.44. The molecule has 2 heterocycles. The number of aromatic nitrogens is 1. The van der Waals surface area contributed by atoms with E-state index >= 15 is 0 Å². The van der Waals surface area contributed by atoms with Crippen LogP contribution in [0, 0.1) is 11.5 Å². The van der Waals surface area contributed by atoms with E-state index < -0.39 is 0 Å². The standard InChI is InChI=1S/C8H6N2.CH2N2/c1-2-4-6-5(3-1)7-8(9-6)10-7;2-1-3/h1-4,9-10H;2H2. The molecule has 64 valence electrons. The van der Waals surface area contributed by atoms with E-state index in [9.17, 15) is 0 Å². The largest absolute Gasteiger partial charge is 0.339 e. The molecule has 0 saturated heterocycles. The van der Waals surface area contributed by atoms with Crippen LogP contribution >= 0.6 is 0 Å². The number of rotatable bonds is 0. The lowest BCUT2D eigenvalue weighted by Gasteiger charge is -1.88. The van der Waals surface area contributed by atoms with Crippen LogP contribution < -0.4 is 11.1 Å². The summed E-state index contributed by atoms with van der Waals surface area (Å²) in [6.07, 6.45) is 1.25. The second kappa shape index (κ2) is 2.72. The van der Waals surface area contributed by atoms with Crippen molar-refractivity contribution in [2.75, 3.05) is 5.32 Å². The summed E-state index contributed by atoms with van der Waals surface area (Å²) in [5.41, 5.74) is 6.65. The number of nitrogens with one attached hydrogen (secondary N) is 2. The SMILES string of the molecule is N#CN.c1ccc2c3c([nH]c2c1)N3. The summed E-state index contributed by atoms with van der Waals surface area (Å²) >= 11 is 0. The topological polar surface area (TPSA) is 87.5 Å². The van der Waals surface area contributed by atoms with Crippen molar-refractivity contribution < 1.29 is 0 Å². The van der Waals surface area contributed by atoms with E-state index in [1.807, 2.05) is 6.07 Å². The fourth-order valence-electron chi connectivity index (χ4n) is 1.33. The third-order valence-corrected chi connectivity index (χ3v) is 1.89. The van der Waals surface area contributed by atoms with Crippen molar-refractivity contribution in [1.82, 2.24) is 4.98 Å². The lowest BCUT2D eigenvalue weighted by Crippen LogP contribution is -1.71. The maximum atomic E-state index is 7.10. The minimum absolute atomic E-state index is 1.18. The molecule has 13 heavy (non-hydrogen) atoms. The zero-order chi connectivity index (χ0) is 9.26. The molecule has 4 heteroatoms. The number of anilines is 2. The molecule has 0 unspecified atom stereocenters. The summed E-state index contributed by atoms with van der Waals surface area (Å²) in [4.78, 5) is 3.24. The molecule has 0 aliphatic carbocycles. The van der Waals surface area contributed by atoms with Crippen LogP contribution in [0.3, 0.4) is 0 Å². The number of fused-ring (bicyclic) bond motifs is 3. The Kier molecular flexibility index (Phi) is 1.57. The number of benzene rings is 1. The van der Waals surface area contributed by atoms with Crippen molar-refractivity contribution in [1.29, 1.82) is 5.26 Å². The minimum atomic E-state index is 1.18. The predicted octanol–water partition coefficient (Wildman–Crippen LogP) is 1.65. The van der Waals surface area contributed by atoms with Crippen LogP contribution in [0.2, 0.25) is 0 Å². The zero-order valence-electron chi connectivity index (χ0n) is 6.83. The van der Waals surface area contributed by atoms with Gasteiger partial charge in [-0.25, -0.2) is 0 Å². The van der Waals surface area contributed by atoms with Gasteiger partial charge in [-0.05, 0) is 6.07 Å². The van der Waals surface area contributed by atoms with Crippen LogP contribution in [0.1, 0.15) is 0 Å². The van der Waals surface area contributed by atoms with Crippen molar-refractivity contribution in [2.45, 2.75) is 0 Å². The molecular formula is C9H8N4. The molecule has 0 saturated carbocycles. The van der Waals surface area contributed by atoms with Crippen molar-refractivity contribution >= 4 is 22.4 Å². The Morgan fingerprint density at radius 1 is 1.31 bits per heavy atom. The molecular weight excluding hydrogens is 164 g/mol. The molecule has 1 aromatic carbocycles. The Hall–Kier alpha value is -2.15. The average Bonchev–Trinajstić information content (AvgIpc) is 2.80. The number of hydrogen-bond acceptors (Lipinski definition) is 3. The van der Waals surface area contributed by atoms with E-state index in [1.165, 1.54) is 28.6 Å². The Balaban J connectivity index is 0.000000196. The second-order valence-corrected chi connectivity index (χ2v) is 2.67. The zero-order valence-corrected chi connectivity index (χ0v) is 6.83. The van der Waals surface area contributed by atoms with E-state index in [-0.39, 0.29) is 0 Å². The Labute approximate surface area is 75.0 Å². The number of nitrogens with zero attached hydrogens (tertiary/aromatic N) is 1. The van der Waals surface area contributed by atoms with E-state index in [0.29, 0.717) is 0 Å². The average molecular weight is 172 g/mol. The summed E-state index contributed by atoms with van der Waals surface area (Å²) in [5, 5.41) is 11.5. The van der Waals surface area contributed by atoms with Crippen LogP contribution in [-0.2, 0) is 0 Å². The Morgan fingerprint density at radius 2 is 2.00 bits per heavy atom. The highest BCUT2D eigenvalue weighted by atomic mass is 15.2.